The quantitative estimate of drug-likeness (QED) is 0.724. The van der Waals surface area contributed by atoms with Gasteiger partial charge in [0.05, 0.1) is 5.39 Å². The predicted molar refractivity (Wildman–Crippen MR) is 93.9 cm³/mol. The van der Waals surface area contributed by atoms with E-state index in [4.69, 9.17) is 0 Å². The van der Waals surface area contributed by atoms with E-state index < -0.39 is 0 Å². The number of hydrogen-bond acceptors (Lipinski definition) is 5. The Labute approximate surface area is 138 Å². The van der Waals surface area contributed by atoms with Crippen molar-refractivity contribution in [2.24, 2.45) is 0 Å². The number of benzene rings is 1. The lowest BCUT2D eigenvalue weighted by molar-refractivity contribution is 0.101. The SMILES string of the molecule is CC(=O)c1cccc(Nc2nc(C)nc3sc4c(c23)CCC4)c1. The summed E-state index contributed by atoms with van der Waals surface area (Å²) in [5, 5.41) is 4.56. The molecule has 5 heteroatoms. The zero-order chi connectivity index (χ0) is 16.0. The number of nitrogens with zero attached hydrogens (tertiary/aromatic N) is 2. The smallest absolute Gasteiger partial charge is 0.159 e. The first-order chi connectivity index (χ1) is 11.1. The lowest BCUT2D eigenvalue weighted by Crippen LogP contribution is -2.00. The molecule has 1 aliphatic rings. The zero-order valence-electron chi connectivity index (χ0n) is 13.1. The van der Waals surface area contributed by atoms with Crippen LogP contribution in [-0.2, 0) is 12.8 Å². The molecular weight excluding hydrogens is 306 g/mol. The normalized spacial score (nSPS) is 13.3. The van der Waals surface area contributed by atoms with Gasteiger partial charge in [-0.3, -0.25) is 4.79 Å². The summed E-state index contributed by atoms with van der Waals surface area (Å²) >= 11 is 1.79. The van der Waals surface area contributed by atoms with Gasteiger partial charge < -0.3 is 5.32 Å². The predicted octanol–water partition coefficient (Wildman–Crippen LogP) is 4.43. The van der Waals surface area contributed by atoms with Crippen LogP contribution >= 0.6 is 11.3 Å². The van der Waals surface area contributed by atoms with E-state index in [2.05, 4.69) is 15.3 Å². The second-order valence-corrected chi connectivity index (χ2v) is 7.00. The van der Waals surface area contributed by atoms with Crippen molar-refractivity contribution in [3.05, 3.63) is 46.1 Å². The Balaban J connectivity index is 1.82. The number of hydrogen-bond donors (Lipinski definition) is 1. The van der Waals surface area contributed by atoms with E-state index >= 15 is 0 Å². The Bertz CT molecular complexity index is 929. The topological polar surface area (TPSA) is 54.9 Å². The molecule has 1 aromatic carbocycles. The molecular formula is C18H17N3OS. The first-order valence-electron chi connectivity index (χ1n) is 7.79. The number of carbonyl (C=O) groups is 1. The molecule has 0 amide bonds. The third kappa shape index (κ3) is 2.51. The number of Topliss-reactive ketones (excluding diaryl/α,β-unsaturated/α-hetero) is 1. The van der Waals surface area contributed by atoms with E-state index in [9.17, 15) is 4.79 Å². The van der Waals surface area contributed by atoms with Gasteiger partial charge in [-0.1, -0.05) is 12.1 Å². The summed E-state index contributed by atoms with van der Waals surface area (Å²) in [6.45, 7) is 3.50. The Morgan fingerprint density at radius 2 is 2.13 bits per heavy atom. The van der Waals surface area contributed by atoms with Crippen molar-refractivity contribution in [1.29, 1.82) is 0 Å². The highest BCUT2D eigenvalue weighted by Gasteiger charge is 2.22. The van der Waals surface area contributed by atoms with Gasteiger partial charge in [0.2, 0.25) is 0 Å². The number of fused-ring (bicyclic) bond motifs is 3. The van der Waals surface area contributed by atoms with Crippen LogP contribution in [0.5, 0.6) is 0 Å². The van der Waals surface area contributed by atoms with Crippen LogP contribution in [0.2, 0.25) is 0 Å². The first kappa shape index (κ1) is 14.3. The fourth-order valence-electron chi connectivity index (χ4n) is 3.15. The van der Waals surface area contributed by atoms with Crippen LogP contribution in [-0.4, -0.2) is 15.8 Å². The highest BCUT2D eigenvalue weighted by Crippen LogP contribution is 2.40. The first-order valence-corrected chi connectivity index (χ1v) is 8.60. The maximum absolute atomic E-state index is 11.6. The lowest BCUT2D eigenvalue weighted by Gasteiger charge is -2.10. The molecule has 0 saturated heterocycles. The Morgan fingerprint density at radius 1 is 1.26 bits per heavy atom. The van der Waals surface area contributed by atoms with Crippen LogP contribution < -0.4 is 5.32 Å². The van der Waals surface area contributed by atoms with Crippen LogP contribution in [0.1, 0.15) is 40.0 Å². The minimum atomic E-state index is 0.0640. The maximum atomic E-state index is 11.6. The van der Waals surface area contributed by atoms with Crippen molar-refractivity contribution in [2.75, 3.05) is 5.32 Å². The van der Waals surface area contributed by atoms with E-state index in [0.29, 0.717) is 5.56 Å². The van der Waals surface area contributed by atoms with Gasteiger partial charge >= 0.3 is 0 Å². The van der Waals surface area contributed by atoms with Gasteiger partial charge in [-0.2, -0.15) is 0 Å². The molecule has 0 fully saturated rings. The molecule has 0 unspecified atom stereocenters. The van der Waals surface area contributed by atoms with Gasteiger partial charge in [-0.25, -0.2) is 9.97 Å². The molecule has 1 aliphatic carbocycles. The number of anilines is 2. The Kier molecular flexibility index (Phi) is 3.38. The summed E-state index contributed by atoms with van der Waals surface area (Å²) in [5.74, 6) is 1.68. The van der Waals surface area contributed by atoms with Crippen molar-refractivity contribution < 1.29 is 4.79 Å². The minimum Gasteiger partial charge on any atom is -0.340 e. The van der Waals surface area contributed by atoms with Gasteiger partial charge in [-0.05, 0) is 50.8 Å². The molecule has 0 bridgehead atoms. The maximum Gasteiger partial charge on any atom is 0.159 e. The zero-order valence-corrected chi connectivity index (χ0v) is 14.0. The molecule has 0 radical (unpaired) electrons. The number of nitrogens with one attached hydrogen (secondary N) is 1. The highest BCUT2D eigenvalue weighted by atomic mass is 32.1. The van der Waals surface area contributed by atoms with E-state index in [0.717, 1.165) is 40.4 Å². The number of aromatic nitrogens is 2. The highest BCUT2D eigenvalue weighted by molar-refractivity contribution is 7.19. The number of carbonyl (C=O) groups excluding carboxylic acids is 1. The van der Waals surface area contributed by atoms with E-state index in [1.165, 1.54) is 16.9 Å². The number of thiophene rings is 1. The summed E-state index contributed by atoms with van der Waals surface area (Å²) in [6.07, 6.45) is 3.46. The Morgan fingerprint density at radius 3 is 2.96 bits per heavy atom. The molecule has 0 spiro atoms. The summed E-state index contributed by atoms with van der Waals surface area (Å²) in [7, 11) is 0. The van der Waals surface area contributed by atoms with Gasteiger partial charge in [-0.15, -0.1) is 11.3 Å². The van der Waals surface area contributed by atoms with E-state index in [-0.39, 0.29) is 5.78 Å². The standard InChI is InChI=1S/C18H17N3OS/c1-10(22)12-5-3-6-13(9-12)21-17-16-14-7-4-8-15(14)23-18(16)20-11(2)19-17/h3,5-6,9H,4,7-8H2,1-2H3,(H,19,20,21). The molecule has 2 aromatic heterocycles. The van der Waals surface area contributed by atoms with Crippen molar-refractivity contribution in [3.8, 4) is 0 Å². The molecule has 3 aromatic rings. The summed E-state index contributed by atoms with van der Waals surface area (Å²) in [6, 6.07) is 7.56. The van der Waals surface area contributed by atoms with E-state index in [1.54, 1.807) is 18.3 Å². The van der Waals surface area contributed by atoms with Crippen LogP contribution in [0.3, 0.4) is 0 Å². The van der Waals surface area contributed by atoms with Crippen molar-refractivity contribution in [1.82, 2.24) is 9.97 Å². The van der Waals surface area contributed by atoms with Crippen LogP contribution in [0, 0.1) is 6.92 Å². The van der Waals surface area contributed by atoms with Crippen LogP contribution in [0.15, 0.2) is 24.3 Å². The third-order valence-electron chi connectivity index (χ3n) is 4.21. The average Bonchev–Trinajstić information content (AvgIpc) is 3.07. The lowest BCUT2D eigenvalue weighted by atomic mass is 10.1. The molecule has 0 saturated carbocycles. The minimum absolute atomic E-state index is 0.0640. The molecule has 0 aliphatic heterocycles. The fraction of sp³-hybridized carbons (Fsp3) is 0.278. The molecule has 2 heterocycles. The summed E-state index contributed by atoms with van der Waals surface area (Å²) in [5.41, 5.74) is 2.98. The van der Waals surface area contributed by atoms with Crippen molar-refractivity contribution >= 4 is 38.8 Å². The summed E-state index contributed by atoms with van der Waals surface area (Å²) < 4.78 is 0. The second-order valence-electron chi connectivity index (χ2n) is 5.92. The molecule has 23 heavy (non-hydrogen) atoms. The molecule has 1 N–H and O–H groups in total. The molecule has 4 nitrogen and oxygen atoms in total. The molecule has 116 valence electrons. The molecule has 0 atom stereocenters. The second kappa shape index (κ2) is 5.42. The average molecular weight is 323 g/mol. The summed E-state index contributed by atoms with van der Waals surface area (Å²) in [4.78, 5) is 23.3. The van der Waals surface area contributed by atoms with Gasteiger partial charge in [0.25, 0.3) is 0 Å². The monoisotopic (exact) mass is 323 g/mol. The number of aryl methyl sites for hydroxylation is 3. The largest absolute Gasteiger partial charge is 0.340 e. The van der Waals surface area contributed by atoms with E-state index in [1.807, 2.05) is 31.2 Å². The van der Waals surface area contributed by atoms with Crippen LogP contribution in [0.4, 0.5) is 11.5 Å². The number of ketones is 1. The van der Waals surface area contributed by atoms with Crippen molar-refractivity contribution in [2.45, 2.75) is 33.1 Å². The van der Waals surface area contributed by atoms with Crippen molar-refractivity contribution in [3.63, 3.8) is 0 Å². The third-order valence-corrected chi connectivity index (χ3v) is 5.39. The number of rotatable bonds is 3. The van der Waals surface area contributed by atoms with Crippen LogP contribution in [0.25, 0.3) is 10.2 Å². The van der Waals surface area contributed by atoms with Gasteiger partial charge in [0.15, 0.2) is 5.78 Å². The Hall–Kier alpha value is -2.27. The fourth-order valence-corrected chi connectivity index (χ4v) is 4.45. The molecule has 4 rings (SSSR count). The van der Waals surface area contributed by atoms with Gasteiger partial charge in [0.1, 0.15) is 16.5 Å². The van der Waals surface area contributed by atoms with Gasteiger partial charge in [0, 0.05) is 16.1 Å².